The predicted molar refractivity (Wildman–Crippen MR) is 49.4 cm³/mol. The molecule has 0 amide bonds. The van der Waals surface area contributed by atoms with Gasteiger partial charge in [0.25, 0.3) is 0 Å². The minimum atomic E-state index is -0.140. The fourth-order valence-corrected chi connectivity index (χ4v) is 1.69. The molecule has 0 spiro atoms. The smallest absolute Gasteiger partial charge is 0.310 e. The molecule has 1 rings (SSSR count). The first-order valence-corrected chi connectivity index (χ1v) is 4.80. The Labute approximate surface area is 76.2 Å². The third kappa shape index (κ3) is 2.34. The van der Waals surface area contributed by atoms with Crippen molar-refractivity contribution >= 4 is 17.3 Å². The third-order valence-corrected chi connectivity index (χ3v) is 2.49. The summed E-state index contributed by atoms with van der Waals surface area (Å²) < 4.78 is 4.84. The SMILES string of the molecule is CCOC(=O)Cc1ccsc1C. The zero-order valence-electron chi connectivity index (χ0n) is 7.29. The first kappa shape index (κ1) is 9.26. The minimum Gasteiger partial charge on any atom is -0.466 e. The summed E-state index contributed by atoms with van der Waals surface area (Å²) in [6.07, 6.45) is 0.406. The summed E-state index contributed by atoms with van der Waals surface area (Å²) in [5.41, 5.74) is 1.08. The number of hydrogen-bond acceptors (Lipinski definition) is 3. The minimum absolute atomic E-state index is 0.140. The van der Waals surface area contributed by atoms with Crippen LogP contribution in [0.4, 0.5) is 0 Å². The molecule has 0 aromatic carbocycles. The summed E-state index contributed by atoms with van der Waals surface area (Å²) in [5.74, 6) is -0.140. The fourth-order valence-electron chi connectivity index (χ4n) is 0.962. The summed E-state index contributed by atoms with van der Waals surface area (Å²) in [6, 6.07) is 1.97. The highest BCUT2D eigenvalue weighted by atomic mass is 32.1. The Kier molecular flexibility index (Phi) is 3.29. The maximum atomic E-state index is 11.0. The van der Waals surface area contributed by atoms with Gasteiger partial charge in [0.1, 0.15) is 0 Å². The highest BCUT2D eigenvalue weighted by Crippen LogP contribution is 2.15. The van der Waals surface area contributed by atoms with Gasteiger partial charge in [-0.2, -0.15) is 0 Å². The van der Waals surface area contributed by atoms with Crippen LogP contribution in [0, 0.1) is 6.92 Å². The highest BCUT2D eigenvalue weighted by Gasteiger charge is 2.06. The lowest BCUT2D eigenvalue weighted by Gasteiger charge is -2.00. The van der Waals surface area contributed by atoms with Crippen molar-refractivity contribution < 1.29 is 9.53 Å². The summed E-state index contributed by atoms with van der Waals surface area (Å²) in [6.45, 7) is 4.29. The van der Waals surface area contributed by atoms with Crippen LogP contribution in [-0.4, -0.2) is 12.6 Å². The van der Waals surface area contributed by atoms with Crippen molar-refractivity contribution in [1.29, 1.82) is 0 Å². The Morgan fingerprint density at radius 3 is 2.92 bits per heavy atom. The van der Waals surface area contributed by atoms with Gasteiger partial charge in [0.2, 0.25) is 0 Å². The van der Waals surface area contributed by atoms with Gasteiger partial charge >= 0.3 is 5.97 Å². The molecule has 3 heteroatoms. The Balaban J connectivity index is 2.52. The second-order valence-corrected chi connectivity index (χ2v) is 3.60. The number of thiophene rings is 1. The molecule has 12 heavy (non-hydrogen) atoms. The Morgan fingerprint density at radius 1 is 1.67 bits per heavy atom. The van der Waals surface area contributed by atoms with Gasteiger partial charge in [0, 0.05) is 4.88 Å². The van der Waals surface area contributed by atoms with Gasteiger partial charge in [-0.3, -0.25) is 4.79 Å². The maximum Gasteiger partial charge on any atom is 0.310 e. The van der Waals surface area contributed by atoms with E-state index in [4.69, 9.17) is 4.74 Å². The number of aryl methyl sites for hydroxylation is 1. The highest BCUT2D eigenvalue weighted by molar-refractivity contribution is 7.10. The van der Waals surface area contributed by atoms with E-state index in [-0.39, 0.29) is 5.97 Å². The van der Waals surface area contributed by atoms with Crippen LogP contribution in [0.15, 0.2) is 11.4 Å². The van der Waals surface area contributed by atoms with Crippen LogP contribution >= 0.6 is 11.3 Å². The van der Waals surface area contributed by atoms with Crippen molar-refractivity contribution in [1.82, 2.24) is 0 Å². The molecular weight excluding hydrogens is 172 g/mol. The summed E-state index contributed by atoms with van der Waals surface area (Å²) in [5, 5.41) is 1.99. The van der Waals surface area contributed by atoms with Gasteiger partial charge in [-0.15, -0.1) is 11.3 Å². The molecule has 0 aliphatic rings. The molecule has 0 unspecified atom stereocenters. The lowest BCUT2D eigenvalue weighted by Crippen LogP contribution is -2.07. The number of hydrogen-bond donors (Lipinski definition) is 0. The number of carbonyl (C=O) groups is 1. The Hall–Kier alpha value is -0.830. The van der Waals surface area contributed by atoms with Crippen molar-refractivity contribution in [2.75, 3.05) is 6.61 Å². The van der Waals surface area contributed by atoms with Gasteiger partial charge in [-0.25, -0.2) is 0 Å². The molecule has 1 aromatic rings. The van der Waals surface area contributed by atoms with Crippen molar-refractivity contribution in [3.63, 3.8) is 0 Å². The van der Waals surface area contributed by atoms with E-state index in [0.717, 1.165) is 5.56 Å². The second-order valence-electron chi connectivity index (χ2n) is 2.48. The van der Waals surface area contributed by atoms with Crippen LogP contribution in [0.5, 0.6) is 0 Å². The van der Waals surface area contributed by atoms with Crippen LogP contribution < -0.4 is 0 Å². The maximum absolute atomic E-state index is 11.0. The van der Waals surface area contributed by atoms with E-state index >= 15 is 0 Å². The van der Waals surface area contributed by atoms with Gasteiger partial charge in [0.05, 0.1) is 13.0 Å². The number of rotatable bonds is 3. The predicted octanol–water partition coefficient (Wildman–Crippen LogP) is 2.16. The Morgan fingerprint density at radius 2 is 2.42 bits per heavy atom. The molecule has 0 aliphatic heterocycles. The third-order valence-electron chi connectivity index (χ3n) is 1.61. The molecule has 0 saturated carbocycles. The van der Waals surface area contributed by atoms with E-state index in [0.29, 0.717) is 13.0 Å². The second kappa shape index (κ2) is 4.26. The van der Waals surface area contributed by atoms with E-state index < -0.39 is 0 Å². The molecule has 0 radical (unpaired) electrons. The molecule has 1 heterocycles. The summed E-state index contributed by atoms with van der Waals surface area (Å²) >= 11 is 1.66. The molecule has 0 saturated heterocycles. The molecular formula is C9H12O2S. The zero-order valence-corrected chi connectivity index (χ0v) is 8.11. The van der Waals surface area contributed by atoms with Crippen molar-refractivity contribution in [3.05, 3.63) is 21.9 Å². The lowest BCUT2D eigenvalue weighted by atomic mass is 10.2. The van der Waals surface area contributed by atoms with E-state index in [9.17, 15) is 4.79 Å². The lowest BCUT2D eigenvalue weighted by molar-refractivity contribution is -0.142. The first-order valence-electron chi connectivity index (χ1n) is 3.92. The molecule has 1 aromatic heterocycles. The standard InChI is InChI=1S/C9H12O2S/c1-3-11-9(10)6-8-4-5-12-7(8)2/h4-5H,3,6H2,1-2H3. The fraction of sp³-hybridized carbons (Fsp3) is 0.444. The summed E-state index contributed by atoms with van der Waals surface area (Å²) in [4.78, 5) is 12.2. The van der Waals surface area contributed by atoms with Gasteiger partial charge in [-0.1, -0.05) is 0 Å². The number of carbonyl (C=O) groups excluding carboxylic acids is 1. The molecule has 0 bridgehead atoms. The van der Waals surface area contributed by atoms with Crippen LogP contribution in [0.1, 0.15) is 17.4 Å². The normalized spacial score (nSPS) is 9.83. The summed E-state index contributed by atoms with van der Waals surface area (Å²) in [7, 11) is 0. The van der Waals surface area contributed by atoms with Crippen molar-refractivity contribution in [3.8, 4) is 0 Å². The van der Waals surface area contributed by atoms with Crippen LogP contribution in [-0.2, 0) is 16.0 Å². The van der Waals surface area contributed by atoms with Crippen LogP contribution in [0.25, 0.3) is 0 Å². The van der Waals surface area contributed by atoms with E-state index in [1.165, 1.54) is 4.88 Å². The molecule has 0 fully saturated rings. The molecule has 0 N–H and O–H groups in total. The van der Waals surface area contributed by atoms with Crippen LogP contribution in [0.3, 0.4) is 0 Å². The largest absolute Gasteiger partial charge is 0.466 e. The number of esters is 1. The Bertz CT molecular complexity index is 265. The molecule has 2 nitrogen and oxygen atoms in total. The van der Waals surface area contributed by atoms with Gasteiger partial charge in [0.15, 0.2) is 0 Å². The topological polar surface area (TPSA) is 26.3 Å². The van der Waals surface area contributed by atoms with Gasteiger partial charge < -0.3 is 4.74 Å². The molecule has 66 valence electrons. The average Bonchev–Trinajstić information content (AvgIpc) is 2.37. The van der Waals surface area contributed by atoms with Gasteiger partial charge in [-0.05, 0) is 30.9 Å². The molecule has 0 atom stereocenters. The monoisotopic (exact) mass is 184 g/mol. The first-order chi connectivity index (χ1) is 5.74. The van der Waals surface area contributed by atoms with E-state index in [1.54, 1.807) is 11.3 Å². The van der Waals surface area contributed by atoms with E-state index in [2.05, 4.69) is 0 Å². The van der Waals surface area contributed by atoms with Crippen LogP contribution in [0.2, 0.25) is 0 Å². The number of ether oxygens (including phenoxy) is 1. The molecule has 0 aliphatic carbocycles. The average molecular weight is 184 g/mol. The van der Waals surface area contributed by atoms with Crippen molar-refractivity contribution in [2.45, 2.75) is 20.3 Å². The zero-order chi connectivity index (χ0) is 8.97. The van der Waals surface area contributed by atoms with E-state index in [1.807, 2.05) is 25.3 Å². The van der Waals surface area contributed by atoms with Crippen molar-refractivity contribution in [2.24, 2.45) is 0 Å². The quantitative estimate of drug-likeness (QED) is 0.673.